The Labute approximate surface area is 134 Å². The third-order valence-corrected chi connectivity index (χ3v) is 3.64. The van der Waals surface area contributed by atoms with Crippen LogP contribution in [0.15, 0.2) is 30.3 Å². The molecular weight excluding hydrogens is 276 g/mol. The maximum absolute atomic E-state index is 11.9. The van der Waals surface area contributed by atoms with Crippen molar-refractivity contribution in [3.8, 4) is 0 Å². The van der Waals surface area contributed by atoms with Crippen LogP contribution in [0.3, 0.4) is 0 Å². The molecule has 22 heavy (non-hydrogen) atoms. The van der Waals surface area contributed by atoms with E-state index in [0.717, 1.165) is 18.5 Å². The van der Waals surface area contributed by atoms with Gasteiger partial charge in [-0.15, -0.1) is 0 Å². The smallest absolute Gasteiger partial charge is 0.225 e. The lowest BCUT2D eigenvalue weighted by Gasteiger charge is -2.26. The van der Waals surface area contributed by atoms with E-state index < -0.39 is 5.60 Å². The van der Waals surface area contributed by atoms with E-state index in [0.29, 0.717) is 18.9 Å². The molecule has 4 nitrogen and oxygen atoms in total. The SMILES string of the molecule is CC(C)CCC(C)(O)CNC(C)CC(=O)Nc1ccccc1. The number of amides is 1. The maximum atomic E-state index is 11.9. The zero-order valence-corrected chi connectivity index (χ0v) is 14.2. The van der Waals surface area contributed by atoms with Crippen molar-refractivity contribution in [2.24, 2.45) is 5.92 Å². The van der Waals surface area contributed by atoms with Crippen LogP contribution < -0.4 is 10.6 Å². The molecule has 1 amide bonds. The van der Waals surface area contributed by atoms with Crippen LogP contribution in [0.4, 0.5) is 5.69 Å². The second-order valence-corrected chi connectivity index (χ2v) is 6.83. The average Bonchev–Trinajstić information content (AvgIpc) is 2.44. The van der Waals surface area contributed by atoms with Gasteiger partial charge < -0.3 is 15.7 Å². The quantitative estimate of drug-likeness (QED) is 0.656. The number of carbonyl (C=O) groups excluding carboxylic acids is 1. The van der Waals surface area contributed by atoms with E-state index in [1.165, 1.54) is 0 Å². The molecular formula is C18H30N2O2. The Morgan fingerprint density at radius 1 is 1.23 bits per heavy atom. The number of hydrogen-bond acceptors (Lipinski definition) is 3. The Morgan fingerprint density at radius 2 is 1.86 bits per heavy atom. The summed E-state index contributed by atoms with van der Waals surface area (Å²) < 4.78 is 0. The maximum Gasteiger partial charge on any atom is 0.225 e. The first-order valence-corrected chi connectivity index (χ1v) is 8.09. The lowest BCUT2D eigenvalue weighted by atomic mass is 9.95. The molecule has 2 atom stereocenters. The summed E-state index contributed by atoms with van der Waals surface area (Å²) in [6.07, 6.45) is 2.15. The highest BCUT2D eigenvalue weighted by Gasteiger charge is 2.21. The van der Waals surface area contributed by atoms with Crippen molar-refractivity contribution < 1.29 is 9.90 Å². The summed E-state index contributed by atoms with van der Waals surface area (Å²) in [7, 11) is 0. The minimum atomic E-state index is -0.728. The van der Waals surface area contributed by atoms with Gasteiger partial charge in [0, 0.05) is 24.7 Å². The van der Waals surface area contributed by atoms with Gasteiger partial charge in [-0.25, -0.2) is 0 Å². The predicted octanol–water partition coefficient (Wildman–Crippen LogP) is 3.18. The van der Waals surface area contributed by atoms with Crippen LogP contribution >= 0.6 is 0 Å². The van der Waals surface area contributed by atoms with Crippen LogP contribution in [0.25, 0.3) is 0 Å². The minimum absolute atomic E-state index is 0.0203. The lowest BCUT2D eigenvalue weighted by Crippen LogP contribution is -2.42. The molecule has 0 saturated carbocycles. The van der Waals surface area contributed by atoms with Gasteiger partial charge in [-0.3, -0.25) is 4.79 Å². The molecule has 0 spiro atoms. The van der Waals surface area contributed by atoms with Crippen molar-refractivity contribution in [1.29, 1.82) is 0 Å². The van der Waals surface area contributed by atoms with Gasteiger partial charge in [-0.1, -0.05) is 32.0 Å². The normalized spacial score (nSPS) is 15.4. The van der Waals surface area contributed by atoms with E-state index in [-0.39, 0.29) is 11.9 Å². The highest BCUT2D eigenvalue weighted by Crippen LogP contribution is 2.16. The van der Waals surface area contributed by atoms with Gasteiger partial charge in [0.15, 0.2) is 0 Å². The molecule has 0 bridgehead atoms. The molecule has 3 N–H and O–H groups in total. The van der Waals surface area contributed by atoms with E-state index in [9.17, 15) is 9.90 Å². The molecule has 0 aromatic heterocycles. The van der Waals surface area contributed by atoms with Crippen molar-refractivity contribution in [3.05, 3.63) is 30.3 Å². The molecule has 0 heterocycles. The number of aliphatic hydroxyl groups is 1. The number of carbonyl (C=O) groups is 1. The standard InChI is InChI=1S/C18H30N2O2/c1-14(2)10-11-18(4,22)13-19-15(3)12-17(21)20-16-8-6-5-7-9-16/h5-9,14-15,19,22H,10-13H2,1-4H3,(H,20,21). The molecule has 1 rings (SSSR count). The number of nitrogens with one attached hydrogen (secondary N) is 2. The zero-order chi connectivity index (χ0) is 16.6. The van der Waals surface area contributed by atoms with Gasteiger partial charge in [0.2, 0.25) is 5.91 Å². The second kappa shape index (κ2) is 8.91. The van der Waals surface area contributed by atoms with Gasteiger partial charge in [0.25, 0.3) is 0 Å². The largest absolute Gasteiger partial charge is 0.389 e. The third-order valence-electron chi connectivity index (χ3n) is 3.64. The van der Waals surface area contributed by atoms with Gasteiger partial charge in [0.05, 0.1) is 5.60 Å². The van der Waals surface area contributed by atoms with E-state index in [4.69, 9.17) is 0 Å². The average molecular weight is 306 g/mol. The first kappa shape index (κ1) is 18.7. The summed E-state index contributed by atoms with van der Waals surface area (Å²) in [5.74, 6) is 0.563. The first-order chi connectivity index (χ1) is 10.3. The summed E-state index contributed by atoms with van der Waals surface area (Å²) in [6, 6.07) is 9.46. The summed E-state index contributed by atoms with van der Waals surface area (Å²) in [6.45, 7) is 8.61. The summed E-state index contributed by atoms with van der Waals surface area (Å²) in [5, 5.41) is 16.4. The van der Waals surface area contributed by atoms with Crippen LogP contribution in [-0.2, 0) is 4.79 Å². The van der Waals surface area contributed by atoms with Gasteiger partial charge >= 0.3 is 0 Å². The van der Waals surface area contributed by atoms with E-state index >= 15 is 0 Å². The molecule has 0 aliphatic rings. The summed E-state index contributed by atoms with van der Waals surface area (Å²) in [5.41, 5.74) is 0.0812. The third kappa shape index (κ3) is 8.15. The summed E-state index contributed by atoms with van der Waals surface area (Å²) in [4.78, 5) is 11.9. The van der Waals surface area contributed by atoms with Crippen molar-refractivity contribution in [1.82, 2.24) is 5.32 Å². The number of hydrogen-bond donors (Lipinski definition) is 3. The molecule has 0 fully saturated rings. The summed E-state index contributed by atoms with van der Waals surface area (Å²) >= 11 is 0. The van der Waals surface area contributed by atoms with Gasteiger partial charge in [-0.05, 0) is 44.7 Å². The Hall–Kier alpha value is -1.39. The number of anilines is 1. The number of rotatable bonds is 9. The molecule has 1 aromatic carbocycles. The fourth-order valence-electron chi connectivity index (χ4n) is 2.17. The highest BCUT2D eigenvalue weighted by atomic mass is 16.3. The first-order valence-electron chi connectivity index (χ1n) is 8.09. The highest BCUT2D eigenvalue weighted by molar-refractivity contribution is 5.90. The fourth-order valence-corrected chi connectivity index (χ4v) is 2.17. The molecule has 4 heteroatoms. The van der Waals surface area contributed by atoms with Crippen molar-refractivity contribution >= 4 is 11.6 Å². The van der Waals surface area contributed by atoms with Crippen molar-refractivity contribution in [2.45, 2.75) is 58.6 Å². The van der Waals surface area contributed by atoms with Crippen molar-refractivity contribution in [2.75, 3.05) is 11.9 Å². The van der Waals surface area contributed by atoms with E-state index in [2.05, 4.69) is 24.5 Å². The lowest BCUT2D eigenvalue weighted by molar-refractivity contribution is -0.116. The Balaban J connectivity index is 2.30. The van der Waals surface area contributed by atoms with Gasteiger partial charge in [-0.2, -0.15) is 0 Å². The number of benzene rings is 1. The van der Waals surface area contributed by atoms with E-state index in [1.807, 2.05) is 44.2 Å². The molecule has 0 saturated heterocycles. The number of para-hydroxylation sites is 1. The minimum Gasteiger partial charge on any atom is -0.389 e. The monoisotopic (exact) mass is 306 g/mol. The zero-order valence-electron chi connectivity index (χ0n) is 14.2. The van der Waals surface area contributed by atoms with Crippen LogP contribution in [0.2, 0.25) is 0 Å². The molecule has 2 unspecified atom stereocenters. The fraction of sp³-hybridized carbons (Fsp3) is 0.611. The van der Waals surface area contributed by atoms with Gasteiger partial charge in [0.1, 0.15) is 0 Å². The molecule has 1 aromatic rings. The Morgan fingerprint density at radius 3 is 2.45 bits per heavy atom. The molecule has 0 radical (unpaired) electrons. The molecule has 0 aliphatic carbocycles. The van der Waals surface area contributed by atoms with Crippen LogP contribution in [0.5, 0.6) is 0 Å². The predicted molar refractivity (Wildman–Crippen MR) is 91.8 cm³/mol. The Bertz CT molecular complexity index is 444. The molecule has 0 aliphatic heterocycles. The Kier molecular flexibility index (Phi) is 7.56. The second-order valence-electron chi connectivity index (χ2n) is 6.83. The van der Waals surface area contributed by atoms with Crippen LogP contribution in [0, 0.1) is 5.92 Å². The molecule has 124 valence electrons. The topological polar surface area (TPSA) is 61.4 Å². The van der Waals surface area contributed by atoms with E-state index in [1.54, 1.807) is 0 Å². The van der Waals surface area contributed by atoms with Crippen molar-refractivity contribution in [3.63, 3.8) is 0 Å². The van der Waals surface area contributed by atoms with Crippen LogP contribution in [-0.4, -0.2) is 29.2 Å². The van der Waals surface area contributed by atoms with Crippen LogP contribution in [0.1, 0.15) is 47.0 Å².